The van der Waals surface area contributed by atoms with Gasteiger partial charge in [0.25, 0.3) is 0 Å². The second-order valence-electron chi connectivity index (χ2n) is 5.32. The van der Waals surface area contributed by atoms with Crippen LogP contribution in [0, 0.1) is 0 Å². The molecule has 2 saturated heterocycles. The summed E-state index contributed by atoms with van der Waals surface area (Å²) in [5.74, 6) is 2.35. The van der Waals surface area contributed by atoms with Crippen LogP contribution in [0.3, 0.4) is 0 Å². The largest absolute Gasteiger partial charge is 0.335 e. The fraction of sp³-hybridized carbons (Fsp3) is 0.769. The summed E-state index contributed by atoms with van der Waals surface area (Å²) in [4.78, 5) is 14.1. The Balaban J connectivity index is 0.00000220. The van der Waals surface area contributed by atoms with Crippen molar-refractivity contribution in [3.05, 3.63) is 12.7 Å². The number of carbonyl (C=O) groups excluding carboxylic acids is 1. The van der Waals surface area contributed by atoms with Crippen molar-refractivity contribution in [1.29, 1.82) is 0 Å². The summed E-state index contributed by atoms with van der Waals surface area (Å²) in [6.45, 7) is 5.04. The van der Waals surface area contributed by atoms with E-state index in [0.29, 0.717) is 19.4 Å². The maximum absolute atomic E-state index is 12.4. The molecule has 0 aromatic rings. The Morgan fingerprint density at radius 2 is 2.24 bits per heavy atom. The molecule has 8 heteroatoms. The highest BCUT2D eigenvalue weighted by molar-refractivity contribution is 7.99. The summed E-state index contributed by atoms with van der Waals surface area (Å²) in [5, 5.41) is 3.34. The number of nitrogens with one attached hydrogen (secondary N) is 1. The van der Waals surface area contributed by atoms with Gasteiger partial charge in [0.15, 0.2) is 9.84 Å². The van der Waals surface area contributed by atoms with Crippen LogP contribution in [0.15, 0.2) is 12.7 Å². The van der Waals surface area contributed by atoms with E-state index in [0.717, 1.165) is 18.1 Å². The van der Waals surface area contributed by atoms with E-state index in [1.807, 2.05) is 11.8 Å². The quantitative estimate of drug-likeness (QED) is 0.736. The van der Waals surface area contributed by atoms with E-state index in [2.05, 4.69) is 11.9 Å². The number of rotatable bonds is 5. The zero-order chi connectivity index (χ0) is 14.6. The summed E-state index contributed by atoms with van der Waals surface area (Å²) in [6.07, 6.45) is 2.66. The summed E-state index contributed by atoms with van der Waals surface area (Å²) in [5.41, 5.74) is 0. The summed E-state index contributed by atoms with van der Waals surface area (Å²) >= 11 is 1.85. The monoisotopic (exact) mass is 354 g/mol. The number of thioether (sulfide) groups is 1. The fourth-order valence-electron chi connectivity index (χ4n) is 2.69. The van der Waals surface area contributed by atoms with Gasteiger partial charge >= 0.3 is 0 Å². The average Bonchev–Trinajstić information content (AvgIpc) is 2.77. The Labute approximate surface area is 137 Å². The minimum atomic E-state index is -2.97. The fourth-order valence-corrected chi connectivity index (χ4v) is 5.37. The van der Waals surface area contributed by atoms with Crippen molar-refractivity contribution < 1.29 is 13.2 Å². The molecule has 122 valence electrons. The molecule has 0 aliphatic carbocycles. The summed E-state index contributed by atoms with van der Waals surface area (Å²) in [7, 11) is -2.97. The third-order valence-corrected chi connectivity index (χ3v) is 6.60. The normalized spacial score (nSPS) is 27.6. The van der Waals surface area contributed by atoms with Crippen molar-refractivity contribution >= 4 is 39.9 Å². The second kappa shape index (κ2) is 8.41. The first-order chi connectivity index (χ1) is 9.52. The smallest absolute Gasteiger partial charge is 0.224 e. The van der Waals surface area contributed by atoms with Crippen LogP contribution in [-0.4, -0.2) is 67.4 Å². The highest BCUT2D eigenvalue weighted by atomic mass is 35.5. The van der Waals surface area contributed by atoms with Crippen LogP contribution in [0.4, 0.5) is 0 Å². The number of hydrogen-bond donors (Lipinski definition) is 1. The Hall–Kier alpha value is -0.240. The first-order valence-corrected chi connectivity index (χ1v) is 9.91. The molecule has 2 rings (SSSR count). The average molecular weight is 355 g/mol. The van der Waals surface area contributed by atoms with Gasteiger partial charge in [0.2, 0.25) is 5.91 Å². The maximum Gasteiger partial charge on any atom is 0.224 e. The van der Waals surface area contributed by atoms with E-state index in [1.54, 1.807) is 11.0 Å². The molecule has 1 N–H and O–H groups in total. The van der Waals surface area contributed by atoms with Crippen LogP contribution in [0.25, 0.3) is 0 Å². The lowest BCUT2D eigenvalue weighted by atomic mass is 10.1. The molecule has 0 saturated carbocycles. The molecular weight excluding hydrogens is 332 g/mol. The van der Waals surface area contributed by atoms with Gasteiger partial charge in [0.1, 0.15) is 0 Å². The number of nitrogens with zero attached hydrogens (tertiary/aromatic N) is 1. The lowest BCUT2D eigenvalue weighted by Crippen LogP contribution is -2.46. The number of hydrogen-bond acceptors (Lipinski definition) is 5. The van der Waals surface area contributed by atoms with Crippen molar-refractivity contribution in [2.24, 2.45) is 0 Å². The third-order valence-electron chi connectivity index (χ3n) is 3.71. The Morgan fingerprint density at radius 3 is 2.76 bits per heavy atom. The lowest BCUT2D eigenvalue weighted by molar-refractivity contribution is -0.132. The first kappa shape index (κ1) is 18.8. The van der Waals surface area contributed by atoms with Crippen molar-refractivity contribution in [3.63, 3.8) is 0 Å². The van der Waals surface area contributed by atoms with Gasteiger partial charge in [-0.25, -0.2) is 8.42 Å². The van der Waals surface area contributed by atoms with Crippen LogP contribution in [0.2, 0.25) is 0 Å². The Bertz CT molecular complexity index is 464. The number of amides is 1. The third kappa shape index (κ3) is 5.47. The van der Waals surface area contributed by atoms with Crippen LogP contribution < -0.4 is 5.32 Å². The number of carbonyl (C=O) groups is 1. The molecule has 0 spiro atoms. The van der Waals surface area contributed by atoms with E-state index in [9.17, 15) is 13.2 Å². The van der Waals surface area contributed by atoms with E-state index < -0.39 is 9.84 Å². The molecule has 21 heavy (non-hydrogen) atoms. The van der Waals surface area contributed by atoms with Gasteiger partial charge in [0, 0.05) is 43.1 Å². The Kier molecular flexibility index (Phi) is 7.53. The van der Waals surface area contributed by atoms with Crippen LogP contribution in [-0.2, 0) is 14.6 Å². The van der Waals surface area contributed by atoms with Crippen LogP contribution in [0.5, 0.6) is 0 Å². The highest BCUT2D eigenvalue weighted by Gasteiger charge is 2.34. The standard InChI is InChI=1S/C13H22N2O3S2.ClH/c1-2-5-15(12-3-7-20(17,18)10-12)13(16)8-11-9-19-6-4-14-11;/h2,11-12,14H,1,3-10H2;1H. The summed E-state index contributed by atoms with van der Waals surface area (Å²) < 4.78 is 23.2. The maximum atomic E-state index is 12.4. The summed E-state index contributed by atoms with van der Waals surface area (Å²) in [6, 6.07) is 0.0216. The van der Waals surface area contributed by atoms with Gasteiger partial charge in [-0.1, -0.05) is 6.08 Å². The first-order valence-electron chi connectivity index (χ1n) is 6.94. The number of halogens is 1. The van der Waals surface area contributed by atoms with Gasteiger partial charge in [-0.05, 0) is 6.42 Å². The molecule has 0 radical (unpaired) electrons. The zero-order valence-corrected chi connectivity index (χ0v) is 14.4. The van der Waals surface area contributed by atoms with Gasteiger partial charge in [0.05, 0.1) is 11.5 Å². The molecule has 0 bridgehead atoms. The SMILES string of the molecule is C=CCN(C(=O)CC1CSCCN1)C1CCS(=O)(=O)C1.Cl. The predicted molar refractivity (Wildman–Crippen MR) is 89.9 cm³/mol. The molecule has 2 unspecified atom stereocenters. The Morgan fingerprint density at radius 1 is 1.48 bits per heavy atom. The van der Waals surface area contributed by atoms with E-state index in [1.165, 1.54) is 0 Å². The predicted octanol–water partition coefficient (Wildman–Crippen LogP) is 0.705. The highest BCUT2D eigenvalue weighted by Crippen LogP contribution is 2.20. The molecular formula is C13H23ClN2O3S2. The van der Waals surface area contributed by atoms with E-state index in [4.69, 9.17) is 0 Å². The molecule has 2 atom stereocenters. The zero-order valence-electron chi connectivity index (χ0n) is 12.0. The minimum absolute atomic E-state index is 0. The molecule has 2 aliphatic heterocycles. The van der Waals surface area contributed by atoms with Crippen molar-refractivity contribution in [3.8, 4) is 0 Å². The van der Waals surface area contributed by atoms with Gasteiger partial charge in [-0.15, -0.1) is 19.0 Å². The van der Waals surface area contributed by atoms with Crippen LogP contribution in [0.1, 0.15) is 12.8 Å². The molecule has 5 nitrogen and oxygen atoms in total. The molecule has 0 aromatic carbocycles. The minimum Gasteiger partial charge on any atom is -0.335 e. The van der Waals surface area contributed by atoms with Crippen LogP contribution >= 0.6 is 24.2 Å². The molecule has 2 fully saturated rings. The van der Waals surface area contributed by atoms with Gasteiger partial charge < -0.3 is 10.2 Å². The van der Waals surface area contributed by atoms with E-state index >= 15 is 0 Å². The number of sulfone groups is 1. The molecule has 0 aromatic heterocycles. The topological polar surface area (TPSA) is 66.5 Å². The van der Waals surface area contributed by atoms with Crippen molar-refractivity contribution in [2.75, 3.05) is 36.1 Å². The molecule has 1 amide bonds. The lowest BCUT2D eigenvalue weighted by Gasteiger charge is -2.30. The van der Waals surface area contributed by atoms with Gasteiger partial charge in [-0.2, -0.15) is 11.8 Å². The second-order valence-corrected chi connectivity index (χ2v) is 8.70. The van der Waals surface area contributed by atoms with Crippen molar-refractivity contribution in [2.45, 2.75) is 24.9 Å². The molecule has 2 heterocycles. The van der Waals surface area contributed by atoms with E-state index in [-0.39, 0.29) is 41.9 Å². The molecule has 2 aliphatic rings. The van der Waals surface area contributed by atoms with Gasteiger partial charge in [-0.3, -0.25) is 4.79 Å². The van der Waals surface area contributed by atoms with Crippen molar-refractivity contribution in [1.82, 2.24) is 10.2 Å².